The first-order valence-electron chi connectivity index (χ1n) is 14.1. The monoisotopic (exact) mass is 472 g/mol. The van der Waals surface area contributed by atoms with Crippen molar-refractivity contribution in [2.24, 2.45) is 52.3 Å². The molecule has 5 nitrogen and oxygen atoms in total. The zero-order valence-corrected chi connectivity index (χ0v) is 21.8. The minimum atomic E-state index is -0.467. The Kier molecular flexibility index (Phi) is 5.37. The van der Waals surface area contributed by atoms with Crippen molar-refractivity contribution in [3.8, 4) is 0 Å². The molecule has 5 heteroatoms. The molecule has 0 aromatic heterocycles. The number of ketones is 1. The van der Waals surface area contributed by atoms with Gasteiger partial charge in [-0.15, -0.1) is 0 Å². The van der Waals surface area contributed by atoms with Crippen LogP contribution in [0.2, 0.25) is 0 Å². The quantitative estimate of drug-likeness (QED) is 0.469. The minimum absolute atomic E-state index is 0.0613. The van der Waals surface area contributed by atoms with Gasteiger partial charge in [0.15, 0.2) is 5.79 Å². The lowest BCUT2D eigenvalue weighted by molar-refractivity contribution is -0.272. The van der Waals surface area contributed by atoms with E-state index in [1.165, 1.54) is 19.8 Å². The Labute approximate surface area is 205 Å². The average molecular weight is 473 g/mol. The Balaban J connectivity index is 1.25. The van der Waals surface area contributed by atoms with Gasteiger partial charge in [0.1, 0.15) is 11.9 Å². The van der Waals surface area contributed by atoms with Crippen LogP contribution in [0.25, 0.3) is 0 Å². The fraction of sp³-hybridized carbons (Fsp3) is 0.931. The molecular weight excluding hydrogens is 428 g/mol. The van der Waals surface area contributed by atoms with Gasteiger partial charge in [0.05, 0.1) is 12.7 Å². The molecule has 0 N–H and O–H groups in total. The van der Waals surface area contributed by atoms with Gasteiger partial charge in [-0.25, -0.2) is 0 Å². The molecule has 0 aromatic carbocycles. The first kappa shape index (κ1) is 23.5. The summed E-state index contributed by atoms with van der Waals surface area (Å²) in [5, 5.41) is 0. The van der Waals surface area contributed by atoms with Crippen LogP contribution in [0.15, 0.2) is 0 Å². The van der Waals surface area contributed by atoms with Crippen molar-refractivity contribution < 1.29 is 23.8 Å². The van der Waals surface area contributed by atoms with E-state index >= 15 is 0 Å². The third-order valence-electron chi connectivity index (χ3n) is 12.1. The maximum absolute atomic E-state index is 14.1. The second-order valence-corrected chi connectivity index (χ2v) is 13.5. The molecule has 2 heterocycles. The molecule has 6 rings (SSSR count). The molecule has 4 aliphatic carbocycles. The van der Waals surface area contributed by atoms with Crippen LogP contribution in [0.3, 0.4) is 0 Å². The van der Waals surface area contributed by atoms with E-state index < -0.39 is 5.79 Å². The van der Waals surface area contributed by atoms with Crippen molar-refractivity contribution in [2.45, 2.75) is 110 Å². The number of fused-ring (bicyclic) bond motifs is 7. The Morgan fingerprint density at radius 1 is 1.03 bits per heavy atom. The molecule has 1 spiro atoms. The summed E-state index contributed by atoms with van der Waals surface area (Å²) >= 11 is 0. The van der Waals surface area contributed by atoms with Crippen molar-refractivity contribution in [3.05, 3.63) is 0 Å². The summed E-state index contributed by atoms with van der Waals surface area (Å²) in [5.41, 5.74) is -0.0934. The summed E-state index contributed by atoms with van der Waals surface area (Å²) < 4.78 is 18.8. The minimum Gasteiger partial charge on any atom is -0.463 e. The van der Waals surface area contributed by atoms with Gasteiger partial charge >= 0.3 is 5.97 Å². The molecular formula is C29H44O5. The van der Waals surface area contributed by atoms with E-state index in [1.807, 2.05) is 0 Å². The van der Waals surface area contributed by atoms with Crippen LogP contribution in [0, 0.1) is 52.3 Å². The molecule has 0 amide bonds. The largest absolute Gasteiger partial charge is 0.463 e. The summed E-state index contributed by atoms with van der Waals surface area (Å²) in [6.45, 7) is 11.6. The first-order chi connectivity index (χ1) is 16.1. The fourth-order valence-corrected chi connectivity index (χ4v) is 10.3. The van der Waals surface area contributed by atoms with E-state index in [-0.39, 0.29) is 40.8 Å². The van der Waals surface area contributed by atoms with Gasteiger partial charge in [-0.1, -0.05) is 27.7 Å². The normalized spacial score (nSPS) is 56.4. The highest BCUT2D eigenvalue weighted by Gasteiger charge is 2.71. The average Bonchev–Trinajstić information content (AvgIpc) is 3.23. The van der Waals surface area contributed by atoms with Crippen molar-refractivity contribution in [1.82, 2.24) is 0 Å². The van der Waals surface area contributed by atoms with Crippen LogP contribution in [-0.2, 0) is 23.8 Å². The summed E-state index contributed by atoms with van der Waals surface area (Å²) in [5.74, 6) is 3.07. The molecule has 0 aromatic rings. The predicted octanol–water partition coefficient (Wildman–Crippen LogP) is 5.54. The SMILES string of the molecule is CC(=O)OC1CCC2(C)C3CC(=O)C4(C)C(CC5O[C@]6(CCC(C)CO6)C(C)C54)C3CC[C@H]2C1. The molecule has 6 fully saturated rings. The highest BCUT2D eigenvalue weighted by atomic mass is 16.7. The van der Waals surface area contributed by atoms with Crippen molar-refractivity contribution in [3.63, 3.8) is 0 Å². The Morgan fingerprint density at radius 3 is 2.53 bits per heavy atom. The van der Waals surface area contributed by atoms with E-state index in [4.69, 9.17) is 14.2 Å². The molecule has 190 valence electrons. The number of esters is 1. The van der Waals surface area contributed by atoms with E-state index in [9.17, 15) is 9.59 Å². The van der Waals surface area contributed by atoms with Gasteiger partial charge in [0.25, 0.3) is 0 Å². The van der Waals surface area contributed by atoms with Gasteiger partial charge in [-0.3, -0.25) is 9.59 Å². The van der Waals surface area contributed by atoms with Gasteiger partial charge in [0.2, 0.25) is 0 Å². The number of carbonyl (C=O) groups excluding carboxylic acids is 2. The molecule has 0 bridgehead atoms. The van der Waals surface area contributed by atoms with E-state index in [0.717, 1.165) is 51.6 Å². The zero-order valence-electron chi connectivity index (χ0n) is 21.8. The van der Waals surface area contributed by atoms with Crippen LogP contribution in [0.4, 0.5) is 0 Å². The molecule has 0 radical (unpaired) electrons. The van der Waals surface area contributed by atoms with Crippen LogP contribution in [0.5, 0.6) is 0 Å². The Bertz CT molecular complexity index is 861. The second kappa shape index (κ2) is 7.78. The molecule has 10 unspecified atom stereocenters. The number of rotatable bonds is 1. The lowest BCUT2D eigenvalue weighted by Crippen LogP contribution is -2.58. The van der Waals surface area contributed by atoms with Gasteiger partial charge in [0, 0.05) is 37.0 Å². The zero-order chi connectivity index (χ0) is 24.0. The predicted molar refractivity (Wildman–Crippen MR) is 128 cm³/mol. The van der Waals surface area contributed by atoms with Crippen LogP contribution in [0.1, 0.15) is 92.4 Å². The van der Waals surface area contributed by atoms with Crippen LogP contribution in [-0.4, -0.2) is 36.4 Å². The highest BCUT2D eigenvalue weighted by Crippen LogP contribution is 2.70. The highest BCUT2D eigenvalue weighted by molar-refractivity contribution is 5.87. The molecule has 2 aliphatic heterocycles. The molecule has 2 saturated heterocycles. The summed E-state index contributed by atoms with van der Waals surface area (Å²) in [6, 6.07) is 0. The fourth-order valence-electron chi connectivity index (χ4n) is 10.3. The standard InChI is InChI=1S/C29H44O5/c1-16-8-11-29(32-15-16)17(2)26-24(34-29)13-23-21-7-6-19-12-20(33-18(3)30)9-10-27(19,4)22(21)14-25(31)28(23,26)5/h16-17,19-24,26H,6-15H2,1-5H3/t16?,17?,19-,20?,21?,22?,23?,24?,26?,27?,28?,29+/m0/s1. The maximum Gasteiger partial charge on any atom is 0.302 e. The molecule has 12 atom stereocenters. The molecule has 34 heavy (non-hydrogen) atoms. The molecule has 4 saturated carbocycles. The van der Waals surface area contributed by atoms with Crippen LogP contribution < -0.4 is 0 Å². The second-order valence-electron chi connectivity index (χ2n) is 13.5. The number of ether oxygens (including phenoxy) is 3. The van der Waals surface area contributed by atoms with Crippen molar-refractivity contribution >= 4 is 11.8 Å². The molecule has 6 aliphatic rings. The van der Waals surface area contributed by atoms with Gasteiger partial charge in [-0.2, -0.15) is 0 Å². The lowest BCUT2D eigenvalue weighted by Gasteiger charge is -2.60. The van der Waals surface area contributed by atoms with E-state index in [0.29, 0.717) is 35.4 Å². The topological polar surface area (TPSA) is 61.8 Å². The van der Waals surface area contributed by atoms with E-state index in [2.05, 4.69) is 27.7 Å². The van der Waals surface area contributed by atoms with Gasteiger partial charge in [-0.05, 0) is 80.0 Å². The summed E-state index contributed by atoms with van der Waals surface area (Å²) in [4.78, 5) is 25.7. The third-order valence-corrected chi connectivity index (χ3v) is 12.1. The van der Waals surface area contributed by atoms with E-state index in [1.54, 1.807) is 0 Å². The smallest absolute Gasteiger partial charge is 0.302 e. The van der Waals surface area contributed by atoms with Gasteiger partial charge < -0.3 is 14.2 Å². The van der Waals surface area contributed by atoms with Crippen molar-refractivity contribution in [1.29, 1.82) is 0 Å². The number of carbonyl (C=O) groups is 2. The number of Topliss-reactive ketones (excluding diaryl/α,β-unsaturated/α-hetero) is 1. The Hall–Kier alpha value is -0.940. The van der Waals surface area contributed by atoms with Crippen molar-refractivity contribution in [2.75, 3.05) is 6.61 Å². The summed E-state index contributed by atoms with van der Waals surface area (Å²) in [6.07, 6.45) is 9.47. The third kappa shape index (κ3) is 3.11. The summed E-state index contributed by atoms with van der Waals surface area (Å²) in [7, 11) is 0. The van der Waals surface area contributed by atoms with Crippen LogP contribution >= 0.6 is 0 Å². The lowest BCUT2D eigenvalue weighted by atomic mass is 9.44. The Morgan fingerprint density at radius 2 is 1.82 bits per heavy atom. The first-order valence-corrected chi connectivity index (χ1v) is 14.1. The maximum atomic E-state index is 14.1. The number of hydrogen-bond acceptors (Lipinski definition) is 5. The number of hydrogen-bond donors (Lipinski definition) is 0.